The molecule has 5 rings (SSSR count). The second kappa shape index (κ2) is 7.85. The molecule has 0 radical (unpaired) electrons. The number of hydrogen-bond acceptors (Lipinski definition) is 5. The van der Waals surface area contributed by atoms with Gasteiger partial charge in [-0.15, -0.1) is 0 Å². The van der Waals surface area contributed by atoms with Crippen molar-refractivity contribution in [3.05, 3.63) is 75.3 Å². The van der Waals surface area contributed by atoms with Crippen LogP contribution in [0.1, 0.15) is 45.4 Å². The van der Waals surface area contributed by atoms with Gasteiger partial charge in [0.2, 0.25) is 0 Å². The van der Waals surface area contributed by atoms with Gasteiger partial charge in [-0.1, -0.05) is 11.2 Å². The molecule has 0 unspecified atom stereocenters. The van der Waals surface area contributed by atoms with E-state index in [-0.39, 0.29) is 17.4 Å². The summed E-state index contributed by atoms with van der Waals surface area (Å²) in [6.07, 6.45) is 4.55. The summed E-state index contributed by atoms with van der Waals surface area (Å²) in [6.45, 7) is 5.06. The van der Waals surface area contributed by atoms with Crippen LogP contribution in [-0.2, 0) is 19.6 Å². The van der Waals surface area contributed by atoms with Gasteiger partial charge in [0.15, 0.2) is 5.76 Å². The smallest absolute Gasteiger partial charge is 0.255 e. The van der Waals surface area contributed by atoms with Gasteiger partial charge in [0.25, 0.3) is 11.5 Å². The first-order valence-corrected chi connectivity index (χ1v) is 10.7. The van der Waals surface area contributed by atoms with Crippen molar-refractivity contribution < 1.29 is 9.32 Å². The maximum atomic E-state index is 13.3. The normalized spacial score (nSPS) is 20.2. The molecule has 0 aromatic carbocycles. The number of amides is 1. The highest BCUT2D eigenvalue weighted by Crippen LogP contribution is 2.35. The average Bonchev–Trinajstić information content (AvgIpc) is 3.42. The lowest BCUT2D eigenvalue weighted by molar-refractivity contribution is 0.0594. The van der Waals surface area contributed by atoms with Crippen molar-refractivity contribution in [2.75, 3.05) is 20.1 Å². The number of aromatic amines is 1. The van der Waals surface area contributed by atoms with Crippen molar-refractivity contribution in [3.8, 4) is 0 Å². The molecule has 5 heterocycles. The third-order valence-electron chi connectivity index (χ3n) is 6.36. The highest BCUT2D eigenvalue weighted by atomic mass is 16.5. The summed E-state index contributed by atoms with van der Waals surface area (Å²) >= 11 is 0. The summed E-state index contributed by atoms with van der Waals surface area (Å²) in [6, 6.07) is 7.75. The standard InChI is InChI=1S/C23H27N5O3/c1-15-7-20(31-25-15)14-26(2)12-18-3-4-21-19-8-16(11-28(21)23(18)30)10-27(13-19)22(29)17-5-6-24-9-17/h3-7,9,16,19,24H,8,10-14H2,1-2H3/t16-,19+/m0/s1. The van der Waals surface area contributed by atoms with Crippen LogP contribution in [0.3, 0.4) is 0 Å². The minimum absolute atomic E-state index is 0.0626. The summed E-state index contributed by atoms with van der Waals surface area (Å²) < 4.78 is 7.23. The number of nitrogens with one attached hydrogen (secondary N) is 1. The molecule has 1 saturated heterocycles. The van der Waals surface area contributed by atoms with Crippen LogP contribution in [0, 0.1) is 12.8 Å². The first kappa shape index (κ1) is 19.8. The number of hydrogen-bond donors (Lipinski definition) is 1. The number of rotatable bonds is 5. The lowest BCUT2D eigenvalue weighted by atomic mass is 9.82. The van der Waals surface area contributed by atoms with Crippen molar-refractivity contribution in [3.63, 3.8) is 0 Å². The van der Waals surface area contributed by atoms with E-state index in [1.54, 1.807) is 12.4 Å². The molecule has 8 nitrogen and oxygen atoms in total. The molecule has 162 valence electrons. The van der Waals surface area contributed by atoms with E-state index in [2.05, 4.69) is 21.1 Å². The van der Waals surface area contributed by atoms with E-state index in [0.29, 0.717) is 44.2 Å². The van der Waals surface area contributed by atoms with Gasteiger partial charge >= 0.3 is 0 Å². The molecular formula is C23H27N5O3. The van der Waals surface area contributed by atoms with E-state index >= 15 is 0 Å². The van der Waals surface area contributed by atoms with E-state index in [1.807, 2.05) is 41.6 Å². The minimum Gasteiger partial charge on any atom is -0.367 e. The Morgan fingerprint density at radius 2 is 2.13 bits per heavy atom. The zero-order valence-electron chi connectivity index (χ0n) is 17.9. The monoisotopic (exact) mass is 421 g/mol. The molecule has 2 bridgehead atoms. The van der Waals surface area contributed by atoms with Crippen LogP contribution in [0.15, 0.2) is 46.0 Å². The Kier molecular flexibility index (Phi) is 5.02. The average molecular weight is 422 g/mol. The topological polar surface area (TPSA) is 87.4 Å². The summed E-state index contributed by atoms with van der Waals surface area (Å²) in [7, 11) is 1.97. The van der Waals surface area contributed by atoms with Gasteiger partial charge < -0.3 is 19.0 Å². The lowest BCUT2D eigenvalue weighted by Crippen LogP contribution is -2.49. The van der Waals surface area contributed by atoms with Crippen LogP contribution in [0.25, 0.3) is 0 Å². The van der Waals surface area contributed by atoms with Crippen LogP contribution in [0.2, 0.25) is 0 Å². The predicted molar refractivity (Wildman–Crippen MR) is 115 cm³/mol. The number of carbonyl (C=O) groups is 1. The van der Waals surface area contributed by atoms with E-state index in [9.17, 15) is 9.59 Å². The van der Waals surface area contributed by atoms with Gasteiger partial charge in [0.05, 0.1) is 17.8 Å². The third kappa shape index (κ3) is 3.83. The van der Waals surface area contributed by atoms with Crippen molar-refractivity contribution in [2.24, 2.45) is 5.92 Å². The molecule has 3 aromatic heterocycles. The Bertz CT molecular complexity index is 1150. The number of carbonyl (C=O) groups excluding carboxylic acids is 1. The zero-order valence-corrected chi connectivity index (χ0v) is 17.9. The second-order valence-electron chi connectivity index (χ2n) is 8.91. The molecule has 2 aliphatic heterocycles. The van der Waals surface area contributed by atoms with Gasteiger partial charge in [-0.2, -0.15) is 0 Å². The van der Waals surface area contributed by atoms with Crippen molar-refractivity contribution in [2.45, 2.75) is 38.9 Å². The maximum absolute atomic E-state index is 13.3. The van der Waals surface area contributed by atoms with Crippen LogP contribution < -0.4 is 5.56 Å². The number of likely N-dealkylation sites (tertiary alicyclic amines) is 1. The van der Waals surface area contributed by atoms with E-state index in [0.717, 1.165) is 29.1 Å². The van der Waals surface area contributed by atoms with Gasteiger partial charge in [-0.05, 0) is 38.4 Å². The summed E-state index contributed by atoms with van der Waals surface area (Å²) in [5.41, 5.74) is 3.46. The Labute approximate surface area is 180 Å². The van der Waals surface area contributed by atoms with Crippen LogP contribution >= 0.6 is 0 Å². The Morgan fingerprint density at radius 1 is 1.26 bits per heavy atom. The second-order valence-corrected chi connectivity index (χ2v) is 8.91. The first-order chi connectivity index (χ1) is 15.0. The molecule has 2 aliphatic rings. The Hall–Kier alpha value is -3.13. The number of aromatic nitrogens is 3. The molecule has 1 amide bonds. The number of aryl methyl sites for hydroxylation is 1. The van der Waals surface area contributed by atoms with Crippen LogP contribution in [0.5, 0.6) is 0 Å². The Balaban J connectivity index is 1.33. The van der Waals surface area contributed by atoms with Gasteiger partial charge in [0.1, 0.15) is 0 Å². The van der Waals surface area contributed by atoms with E-state index < -0.39 is 0 Å². The van der Waals surface area contributed by atoms with Gasteiger partial charge in [-0.25, -0.2) is 0 Å². The minimum atomic E-state index is 0.0626. The summed E-state index contributed by atoms with van der Waals surface area (Å²) in [5.74, 6) is 1.36. The van der Waals surface area contributed by atoms with E-state index in [4.69, 9.17) is 4.52 Å². The third-order valence-corrected chi connectivity index (χ3v) is 6.36. The SMILES string of the molecule is Cc1cc(CN(C)Cc2ccc3n(c2=O)C[C@H]2C[C@@H]3CN(C(=O)c3cc[nH]c3)C2)on1. The molecule has 0 spiro atoms. The number of fused-ring (bicyclic) bond motifs is 4. The Morgan fingerprint density at radius 3 is 2.87 bits per heavy atom. The quantitative estimate of drug-likeness (QED) is 0.683. The fourth-order valence-electron chi connectivity index (χ4n) is 5.02. The van der Waals surface area contributed by atoms with Crippen LogP contribution in [0.4, 0.5) is 0 Å². The molecular weight excluding hydrogens is 394 g/mol. The number of pyridine rings is 1. The van der Waals surface area contributed by atoms with Crippen molar-refractivity contribution in [1.82, 2.24) is 24.5 Å². The first-order valence-electron chi connectivity index (χ1n) is 10.7. The van der Waals surface area contributed by atoms with Gasteiger partial charge in [0, 0.05) is 61.8 Å². The highest BCUT2D eigenvalue weighted by Gasteiger charge is 2.37. The number of piperidine rings is 1. The zero-order chi connectivity index (χ0) is 21.5. The summed E-state index contributed by atoms with van der Waals surface area (Å²) in [4.78, 5) is 33.0. The lowest BCUT2D eigenvalue weighted by Gasteiger charge is -2.43. The molecule has 1 fully saturated rings. The highest BCUT2D eigenvalue weighted by molar-refractivity contribution is 5.94. The molecule has 3 aromatic rings. The fourth-order valence-corrected chi connectivity index (χ4v) is 5.02. The molecule has 0 aliphatic carbocycles. The van der Waals surface area contributed by atoms with Gasteiger partial charge in [-0.3, -0.25) is 14.5 Å². The molecule has 1 N–H and O–H groups in total. The number of H-pyrrole nitrogens is 1. The van der Waals surface area contributed by atoms with Crippen molar-refractivity contribution in [1.29, 1.82) is 0 Å². The largest absolute Gasteiger partial charge is 0.367 e. The molecule has 2 atom stereocenters. The van der Waals surface area contributed by atoms with Crippen LogP contribution in [-0.4, -0.2) is 50.6 Å². The molecule has 8 heteroatoms. The molecule has 31 heavy (non-hydrogen) atoms. The summed E-state index contributed by atoms with van der Waals surface area (Å²) in [5, 5.41) is 3.92. The predicted octanol–water partition coefficient (Wildman–Crippen LogP) is 2.36. The van der Waals surface area contributed by atoms with Crippen molar-refractivity contribution >= 4 is 5.91 Å². The maximum Gasteiger partial charge on any atom is 0.255 e. The van der Waals surface area contributed by atoms with E-state index in [1.165, 1.54) is 0 Å². The number of nitrogens with zero attached hydrogens (tertiary/aromatic N) is 4. The fraction of sp³-hybridized carbons (Fsp3) is 0.435. The molecule has 0 saturated carbocycles.